The predicted molar refractivity (Wildman–Crippen MR) is 117 cm³/mol. The highest BCUT2D eigenvalue weighted by Gasteiger charge is 2.23. The fourth-order valence-electron chi connectivity index (χ4n) is 3.53. The van der Waals surface area contributed by atoms with E-state index in [1.54, 1.807) is 4.57 Å². The summed E-state index contributed by atoms with van der Waals surface area (Å²) in [5.41, 5.74) is 9.79. The molecule has 0 saturated carbocycles. The topological polar surface area (TPSA) is 81.2 Å². The summed E-state index contributed by atoms with van der Waals surface area (Å²) in [6, 6.07) is 17.1. The average molecular weight is 407 g/mol. The Bertz CT molecular complexity index is 1110. The Morgan fingerprint density at radius 1 is 1.17 bits per heavy atom. The number of thioether (sulfide) groups is 1. The number of aromatic nitrogens is 2. The molecular weight excluding hydrogens is 384 g/mol. The van der Waals surface area contributed by atoms with Gasteiger partial charge in [0, 0.05) is 24.0 Å². The molecule has 0 radical (unpaired) electrons. The van der Waals surface area contributed by atoms with Crippen LogP contribution in [0.25, 0.3) is 5.69 Å². The largest absolute Gasteiger partial charge is 0.385 e. The molecule has 0 saturated heterocycles. The number of carbonyl (C=O) groups excluding carboxylic acids is 1. The number of amides is 1. The lowest BCUT2D eigenvalue weighted by molar-refractivity contribution is -0.116. The summed E-state index contributed by atoms with van der Waals surface area (Å²) >= 11 is 1.23. The van der Waals surface area contributed by atoms with E-state index in [0.29, 0.717) is 17.5 Å². The van der Waals surface area contributed by atoms with Gasteiger partial charge in [-0.2, -0.15) is 4.98 Å². The first-order chi connectivity index (χ1) is 14.0. The number of aryl methyl sites for hydroxylation is 2. The number of benzene rings is 2. The Balaban J connectivity index is 1.60. The Labute approximate surface area is 173 Å². The van der Waals surface area contributed by atoms with Crippen LogP contribution in [0.4, 0.5) is 11.5 Å². The minimum atomic E-state index is -0.413. The Morgan fingerprint density at radius 2 is 1.93 bits per heavy atom. The molecule has 2 N–H and O–H groups in total. The highest BCUT2D eigenvalue weighted by molar-refractivity contribution is 7.99. The third-order valence-corrected chi connectivity index (χ3v) is 5.88. The number of nitrogens with two attached hydrogens (primary N) is 1. The maximum atomic E-state index is 13.0. The molecule has 4 rings (SSSR count). The van der Waals surface area contributed by atoms with Gasteiger partial charge < -0.3 is 10.6 Å². The second-order valence-corrected chi connectivity index (χ2v) is 7.98. The maximum Gasteiger partial charge on any atom is 0.275 e. The molecule has 148 valence electrons. The molecule has 29 heavy (non-hydrogen) atoms. The van der Waals surface area contributed by atoms with Crippen LogP contribution in [0, 0.1) is 6.92 Å². The Morgan fingerprint density at radius 3 is 2.72 bits per heavy atom. The minimum absolute atomic E-state index is 0.00530. The van der Waals surface area contributed by atoms with Crippen molar-refractivity contribution in [3.05, 3.63) is 76.1 Å². The van der Waals surface area contributed by atoms with Gasteiger partial charge in [0.25, 0.3) is 5.56 Å². The van der Waals surface area contributed by atoms with E-state index in [-0.39, 0.29) is 11.7 Å². The van der Waals surface area contributed by atoms with E-state index in [0.717, 1.165) is 29.8 Å². The monoisotopic (exact) mass is 406 g/mol. The third kappa shape index (κ3) is 4.05. The zero-order valence-electron chi connectivity index (χ0n) is 16.2. The number of anilines is 2. The SMILES string of the molecule is Cc1ccc(-n2c(N)cc(=O)nc2SCC(=O)N2CCCc3ccccc32)cc1. The standard InChI is InChI=1S/C22H22N4O2S/c1-15-8-10-17(11-9-15)26-19(23)13-20(27)24-22(26)29-14-21(28)25-12-4-6-16-5-2-3-7-18(16)25/h2-3,5,7-11,13H,4,6,12,14,23H2,1H3. The Hall–Kier alpha value is -3.06. The zero-order chi connectivity index (χ0) is 20.4. The number of hydrogen-bond donors (Lipinski definition) is 1. The van der Waals surface area contributed by atoms with Crippen molar-refractivity contribution >= 4 is 29.2 Å². The van der Waals surface area contributed by atoms with E-state index in [1.807, 2.05) is 54.3 Å². The van der Waals surface area contributed by atoms with Gasteiger partial charge in [0.05, 0.1) is 5.75 Å². The first kappa shape index (κ1) is 19.3. The molecule has 2 aromatic carbocycles. The molecule has 1 amide bonds. The van der Waals surface area contributed by atoms with Crippen molar-refractivity contribution in [2.75, 3.05) is 22.9 Å². The second-order valence-electron chi connectivity index (χ2n) is 7.04. The lowest BCUT2D eigenvalue weighted by Crippen LogP contribution is -2.36. The van der Waals surface area contributed by atoms with Crippen LogP contribution in [0.3, 0.4) is 0 Å². The van der Waals surface area contributed by atoms with Crippen molar-refractivity contribution in [3.63, 3.8) is 0 Å². The number of rotatable bonds is 4. The fraction of sp³-hybridized carbons (Fsp3) is 0.227. The van der Waals surface area contributed by atoms with Crippen molar-refractivity contribution < 1.29 is 4.79 Å². The van der Waals surface area contributed by atoms with E-state index in [9.17, 15) is 9.59 Å². The van der Waals surface area contributed by atoms with Gasteiger partial charge in [-0.25, -0.2) is 0 Å². The van der Waals surface area contributed by atoms with Gasteiger partial charge >= 0.3 is 0 Å². The third-order valence-electron chi connectivity index (χ3n) is 4.95. The maximum absolute atomic E-state index is 13.0. The van der Waals surface area contributed by atoms with Gasteiger partial charge in [0.15, 0.2) is 5.16 Å². The van der Waals surface area contributed by atoms with Crippen LogP contribution in [-0.4, -0.2) is 27.8 Å². The van der Waals surface area contributed by atoms with Crippen molar-refractivity contribution in [1.82, 2.24) is 9.55 Å². The lowest BCUT2D eigenvalue weighted by atomic mass is 10.0. The summed E-state index contributed by atoms with van der Waals surface area (Å²) in [5, 5.41) is 0.414. The molecular formula is C22H22N4O2S. The van der Waals surface area contributed by atoms with Gasteiger partial charge in [-0.1, -0.05) is 47.7 Å². The quantitative estimate of drug-likeness (QED) is 0.532. The van der Waals surface area contributed by atoms with E-state index in [4.69, 9.17) is 5.73 Å². The van der Waals surface area contributed by atoms with Gasteiger partial charge in [0.2, 0.25) is 5.91 Å². The van der Waals surface area contributed by atoms with Crippen LogP contribution in [0.15, 0.2) is 64.5 Å². The van der Waals surface area contributed by atoms with Crippen LogP contribution < -0.4 is 16.2 Å². The molecule has 0 atom stereocenters. The molecule has 6 nitrogen and oxygen atoms in total. The number of nitrogen functional groups attached to an aromatic ring is 1. The van der Waals surface area contributed by atoms with Crippen molar-refractivity contribution in [2.45, 2.75) is 24.9 Å². The molecule has 0 fully saturated rings. The molecule has 0 spiro atoms. The molecule has 3 aromatic rings. The molecule has 1 aliphatic rings. The van der Waals surface area contributed by atoms with E-state index in [1.165, 1.54) is 23.4 Å². The predicted octanol–water partition coefficient (Wildman–Crippen LogP) is 3.19. The van der Waals surface area contributed by atoms with Gasteiger partial charge in [0.1, 0.15) is 5.82 Å². The molecule has 0 aliphatic carbocycles. The smallest absolute Gasteiger partial charge is 0.275 e. The molecule has 2 heterocycles. The summed E-state index contributed by atoms with van der Waals surface area (Å²) in [4.78, 5) is 30.8. The van der Waals surface area contributed by atoms with Gasteiger partial charge in [-0.15, -0.1) is 0 Å². The first-order valence-corrected chi connectivity index (χ1v) is 10.5. The summed E-state index contributed by atoms with van der Waals surface area (Å²) < 4.78 is 1.71. The summed E-state index contributed by atoms with van der Waals surface area (Å²) in [7, 11) is 0. The van der Waals surface area contributed by atoms with E-state index < -0.39 is 5.56 Å². The zero-order valence-corrected chi connectivity index (χ0v) is 17.0. The van der Waals surface area contributed by atoms with E-state index >= 15 is 0 Å². The molecule has 7 heteroatoms. The van der Waals surface area contributed by atoms with Crippen LogP contribution in [-0.2, 0) is 11.2 Å². The van der Waals surface area contributed by atoms with Gasteiger partial charge in [-0.3, -0.25) is 14.2 Å². The number of nitrogens with zero attached hydrogens (tertiary/aromatic N) is 3. The molecule has 1 aliphatic heterocycles. The van der Waals surface area contributed by atoms with E-state index in [2.05, 4.69) is 11.1 Å². The number of fused-ring (bicyclic) bond motifs is 1. The summed E-state index contributed by atoms with van der Waals surface area (Å²) in [6.45, 7) is 2.70. The number of carbonyl (C=O) groups is 1. The Kier molecular flexibility index (Phi) is 5.40. The van der Waals surface area contributed by atoms with Crippen LogP contribution in [0.2, 0.25) is 0 Å². The highest BCUT2D eigenvalue weighted by atomic mass is 32.2. The van der Waals surface area contributed by atoms with Crippen molar-refractivity contribution in [1.29, 1.82) is 0 Å². The van der Waals surface area contributed by atoms with Gasteiger partial charge in [-0.05, 0) is 43.5 Å². The average Bonchev–Trinajstić information content (AvgIpc) is 2.72. The summed E-state index contributed by atoms with van der Waals surface area (Å²) in [5.74, 6) is 0.470. The summed E-state index contributed by atoms with van der Waals surface area (Å²) in [6.07, 6.45) is 1.93. The highest BCUT2D eigenvalue weighted by Crippen LogP contribution is 2.28. The second kappa shape index (κ2) is 8.13. The van der Waals surface area contributed by atoms with Crippen molar-refractivity contribution in [3.8, 4) is 5.69 Å². The van der Waals surface area contributed by atoms with Crippen LogP contribution in [0.5, 0.6) is 0 Å². The fourth-order valence-corrected chi connectivity index (χ4v) is 4.43. The number of para-hydroxylation sites is 1. The first-order valence-electron chi connectivity index (χ1n) is 9.50. The number of hydrogen-bond acceptors (Lipinski definition) is 5. The lowest BCUT2D eigenvalue weighted by Gasteiger charge is -2.29. The normalized spacial score (nSPS) is 13.2. The van der Waals surface area contributed by atoms with Crippen LogP contribution >= 0.6 is 11.8 Å². The molecule has 0 unspecified atom stereocenters. The molecule has 1 aromatic heterocycles. The van der Waals surface area contributed by atoms with Crippen molar-refractivity contribution in [2.24, 2.45) is 0 Å². The minimum Gasteiger partial charge on any atom is -0.385 e. The van der Waals surface area contributed by atoms with Crippen LogP contribution in [0.1, 0.15) is 17.5 Å². The molecule has 0 bridgehead atoms.